The van der Waals surface area contributed by atoms with Crippen LogP contribution >= 0.6 is 11.6 Å². The van der Waals surface area contributed by atoms with Crippen LogP contribution in [0.2, 0.25) is 5.02 Å². The average molecular weight is 383 g/mol. The molecule has 3 nitrogen and oxygen atoms in total. The van der Waals surface area contributed by atoms with Crippen molar-refractivity contribution in [2.45, 2.75) is 45.3 Å². The fraction of sp³-hybridized carbons (Fsp3) is 0.450. The predicted molar refractivity (Wildman–Crippen MR) is 102 cm³/mol. The van der Waals surface area contributed by atoms with Gasteiger partial charge in [0.25, 0.3) is 0 Å². The van der Waals surface area contributed by atoms with Crippen LogP contribution in [0.25, 0.3) is 11.3 Å². The van der Waals surface area contributed by atoms with Crippen molar-refractivity contribution in [1.29, 1.82) is 0 Å². The van der Waals surface area contributed by atoms with Gasteiger partial charge in [-0.05, 0) is 63.1 Å². The zero-order valence-electron chi connectivity index (χ0n) is 15.5. The van der Waals surface area contributed by atoms with Crippen molar-refractivity contribution in [3.05, 3.63) is 52.4 Å². The molecule has 142 valence electrons. The van der Waals surface area contributed by atoms with E-state index in [4.69, 9.17) is 11.6 Å². The van der Waals surface area contributed by atoms with Crippen LogP contribution in [0.5, 0.6) is 0 Å². The number of aromatic nitrogens is 1. The average Bonchev–Trinajstić information content (AvgIpc) is 2.62. The highest BCUT2D eigenvalue weighted by Gasteiger charge is 2.28. The first-order chi connectivity index (χ1) is 12.1. The molecule has 1 atom stereocenters. The Bertz CT molecular complexity index is 778. The van der Waals surface area contributed by atoms with Crippen LogP contribution < -0.4 is 5.32 Å². The maximum absolute atomic E-state index is 13.5. The third-order valence-corrected chi connectivity index (χ3v) is 4.95. The van der Waals surface area contributed by atoms with Crippen molar-refractivity contribution in [3.8, 4) is 11.3 Å². The SMILES string of the molecule is CCC(C)(O)c1cc(C(C)(C)NCCF)cc(-c2ccc(F)c(Cl)c2)n1. The molecule has 0 spiro atoms. The van der Waals surface area contributed by atoms with Gasteiger partial charge in [-0.1, -0.05) is 18.5 Å². The number of rotatable bonds is 7. The molecule has 2 aromatic rings. The van der Waals surface area contributed by atoms with E-state index in [0.29, 0.717) is 23.4 Å². The molecule has 2 N–H and O–H groups in total. The molecule has 1 unspecified atom stereocenters. The number of nitrogens with zero attached hydrogens (tertiary/aromatic N) is 1. The summed E-state index contributed by atoms with van der Waals surface area (Å²) < 4.78 is 26.1. The third kappa shape index (κ3) is 4.58. The maximum Gasteiger partial charge on any atom is 0.141 e. The molecule has 2 rings (SSSR count). The van der Waals surface area contributed by atoms with Crippen LogP contribution in [0.4, 0.5) is 8.78 Å². The molecule has 6 heteroatoms. The molecular formula is C20H25ClF2N2O. The second-order valence-electron chi connectivity index (χ2n) is 7.12. The topological polar surface area (TPSA) is 45.1 Å². The van der Waals surface area contributed by atoms with Gasteiger partial charge in [0.1, 0.15) is 18.1 Å². The number of halogens is 3. The second-order valence-corrected chi connectivity index (χ2v) is 7.53. The standard InChI is InChI=1S/C20H25ClF2N2O/c1-5-20(4,26)18-12-14(19(2,3)24-9-8-22)11-17(25-18)13-6-7-16(23)15(21)10-13/h6-7,10-12,24,26H,5,8-9H2,1-4H3. The van der Waals surface area contributed by atoms with Crippen molar-refractivity contribution in [1.82, 2.24) is 10.3 Å². The van der Waals surface area contributed by atoms with Gasteiger partial charge in [0.05, 0.1) is 16.4 Å². The number of pyridine rings is 1. The van der Waals surface area contributed by atoms with E-state index in [1.54, 1.807) is 13.0 Å². The van der Waals surface area contributed by atoms with E-state index in [-0.39, 0.29) is 11.6 Å². The number of hydrogen-bond donors (Lipinski definition) is 2. The van der Waals surface area contributed by atoms with Gasteiger partial charge in [-0.2, -0.15) is 0 Å². The van der Waals surface area contributed by atoms with Gasteiger partial charge in [-0.15, -0.1) is 0 Å². The van der Waals surface area contributed by atoms with Gasteiger partial charge in [0.15, 0.2) is 0 Å². The monoisotopic (exact) mass is 382 g/mol. The first kappa shape index (κ1) is 20.7. The summed E-state index contributed by atoms with van der Waals surface area (Å²) in [4.78, 5) is 4.58. The third-order valence-electron chi connectivity index (χ3n) is 4.66. The van der Waals surface area contributed by atoms with Gasteiger partial charge in [-0.3, -0.25) is 0 Å². The summed E-state index contributed by atoms with van der Waals surface area (Å²) in [5.74, 6) is -0.503. The zero-order valence-corrected chi connectivity index (χ0v) is 16.3. The Morgan fingerprint density at radius 2 is 1.88 bits per heavy atom. The Kier molecular flexibility index (Phi) is 6.37. The number of hydrogen-bond acceptors (Lipinski definition) is 3. The van der Waals surface area contributed by atoms with E-state index in [9.17, 15) is 13.9 Å². The lowest BCUT2D eigenvalue weighted by Crippen LogP contribution is -2.38. The fourth-order valence-electron chi connectivity index (χ4n) is 2.61. The van der Waals surface area contributed by atoms with E-state index >= 15 is 0 Å². The Labute approximate surface area is 158 Å². The molecule has 0 saturated carbocycles. The minimum atomic E-state index is -1.12. The highest BCUT2D eigenvalue weighted by atomic mass is 35.5. The van der Waals surface area contributed by atoms with Crippen LogP contribution in [0.3, 0.4) is 0 Å². The Balaban J connectivity index is 2.62. The first-order valence-electron chi connectivity index (χ1n) is 8.62. The largest absolute Gasteiger partial charge is 0.384 e. The maximum atomic E-state index is 13.5. The quantitative estimate of drug-likeness (QED) is 0.711. The molecular weight excluding hydrogens is 358 g/mol. The van der Waals surface area contributed by atoms with Crippen molar-refractivity contribution >= 4 is 11.6 Å². The minimum Gasteiger partial charge on any atom is -0.384 e. The van der Waals surface area contributed by atoms with Gasteiger partial charge in [-0.25, -0.2) is 13.8 Å². The van der Waals surface area contributed by atoms with E-state index < -0.39 is 23.6 Å². The van der Waals surface area contributed by atoms with Gasteiger partial charge >= 0.3 is 0 Å². The van der Waals surface area contributed by atoms with E-state index in [0.717, 1.165) is 5.56 Å². The van der Waals surface area contributed by atoms with Crippen LogP contribution in [0.15, 0.2) is 30.3 Å². The number of alkyl halides is 1. The van der Waals surface area contributed by atoms with Crippen LogP contribution in [0.1, 0.15) is 45.4 Å². The van der Waals surface area contributed by atoms with Crippen LogP contribution in [-0.4, -0.2) is 23.3 Å². The summed E-state index contributed by atoms with van der Waals surface area (Å²) in [7, 11) is 0. The van der Waals surface area contributed by atoms with E-state index in [2.05, 4.69) is 10.3 Å². The van der Waals surface area contributed by atoms with Crippen molar-refractivity contribution in [3.63, 3.8) is 0 Å². The van der Waals surface area contributed by atoms with Crippen molar-refractivity contribution < 1.29 is 13.9 Å². The molecule has 1 heterocycles. The molecule has 0 saturated heterocycles. The molecule has 0 radical (unpaired) electrons. The minimum absolute atomic E-state index is 0.00770. The van der Waals surface area contributed by atoms with E-state index in [1.165, 1.54) is 12.1 Å². The number of aliphatic hydroxyl groups is 1. The van der Waals surface area contributed by atoms with Crippen molar-refractivity contribution in [2.24, 2.45) is 0 Å². The fourth-order valence-corrected chi connectivity index (χ4v) is 2.79. The summed E-state index contributed by atoms with van der Waals surface area (Å²) in [5, 5.41) is 13.9. The van der Waals surface area contributed by atoms with Crippen LogP contribution in [0, 0.1) is 5.82 Å². The molecule has 0 amide bonds. The van der Waals surface area contributed by atoms with Gasteiger partial charge < -0.3 is 10.4 Å². The van der Waals surface area contributed by atoms with Gasteiger partial charge in [0.2, 0.25) is 0 Å². The number of benzene rings is 1. The lowest BCUT2D eigenvalue weighted by molar-refractivity contribution is 0.0484. The lowest BCUT2D eigenvalue weighted by Gasteiger charge is -2.30. The summed E-state index contributed by atoms with van der Waals surface area (Å²) in [6, 6.07) is 8.07. The Hall–Kier alpha value is -1.56. The summed E-state index contributed by atoms with van der Waals surface area (Å²) in [6.07, 6.45) is 0.478. The Morgan fingerprint density at radius 3 is 2.46 bits per heavy atom. The molecule has 0 fully saturated rings. The summed E-state index contributed by atoms with van der Waals surface area (Å²) in [5.41, 5.74) is 0.913. The zero-order chi connectivity index (χ0) is 19.5. The van der Waals surface area contributed by atoms with Crippen molar-refractivity contribution in [2.75, 3.05) is 13.2 Å². The predicted octanol–water partition coefficient (Wildman–Crippen LogP) is 4.95. The first-order valence-corrected chi connectivity index (χ1v) is 9.00. The number of nitrogens with one attached hydrogen (secondary N) is 1. The molecule has 26 heavy (non-hydrogen) atoms. The molecule has 1 aromatic heterocycles. The van der Waals surface area contributed by atoms with Crippen LogP contribution in [-0.2, 0) is 11.1 Å². The highest BCUT2D eigenvalue weighted by Crippen LogP contribution is 2.32. The molecule has 0 aliphatic carbocycles. The summed E-state index contributed by atoms with van der Waals surface area (Å²) >= 11 is 5.91. The molecule has 1 aromatic carbocycles. The smallest absolute Gasteiger partial charge is 0.141 e. The molecule has 0 bridgehead atoms. The molecule has 0 aliphatic rings. The summed E-state index contributed by atoms with van der Waals surface area (Å²) in [6.45, 7) is 7.17. The lowest BCUT2D eigenvalue weighted by atomic mass is 9.89. The highest BCUT2D eigenvalue weighted by molar-refractivity contribution is 6.31. The van der Waals surface area contributed by atoms with Gasteiger partial charge in [0, 0.05) is 17.6 Å². The van der Waals surface area contributed by atoms with E-state index in [1.807, 2.05) is 32.9 Å². The normalized spacial score (nSPS) is 14.3. The Morgan fingerprint density at radius 1 is 1.19 bits per heavy atom. The molecule has 0 aliphatic heterocycles. The second kappa shape index (κ2) is 7.99.